The van der Waals surface area contributed by atoms with E-state index < -0.39 is 17.7 Å². The van der Waals surface area contributed by atoms with Crippen molar-refractivity contribution in [2.75, 3.05) is 18.6 Å². The molecule has 1 aromatic heterocycles. The van der Waals surface area contributed by atoms with E-state index in [4.69, 9.17) is 9.47 Å². The second-order valence-corrected chi connectivity index (χ2v) is 9.94. The fraction of sp³-hybridized carbons (Fsp3) is 0.148. The summed E-state index contributed by atoms with van der Waals surface area (Å²) in [6.07, 6.45) is 0. The van der Waals surface area contributed by atoms with Gasteiger partial charge in [0.15, 0.2) is 5.13 Å². The van der Waals surface area contributed by atoms with Crippen LogP contribution in [-0.2, 0) is 9.59 Å². The van der Waals surface area contributed by atoms with Crippen LogP contribution in [0.2, 0.25) is 0 Å². The molecule has 1 aliphatic rings. The molecule has 0 spiro atoms. The number of hydrogen-bond donors (Lipinski definition) is 1. The quantitative estimate of drug-likeness (QED) is 0.173. The second kappa shape index (κ2) is 9.75. The summed E-state index contributed by atoms with van der Waals surface area (Å²) in [7, 11) is 1.58. The molecule has 1 fully saturated rings. The Kier molecular flexibility index (Phi) is 6.51. The molecule has 2 heterocycles. The van der Waals surface area contributed by atoms with Crippen LogP contribution in [0.25, 0.3) is 16.0 Å². The first-order valence-electron chi connectivity index (χ1n) is 11.2. The minimum absolute atomic E-state index is 0.0106. The van der Waals surface area contributed by atoms with Crippen molar-refractivity contribution in [3.05, 3.63) is 87.9 Å². The van der Waals surface area contributed by atoms with E-state index in [2.05, 4.69) is 20.9 Å². The molecule has 7 nitrogen and oxygen atoms in total. The van der Waals surface area contributed by atoms with Crippen molar-refractivity contribution in [1.29, 1.82) is 0 Å². The fourth-order valence-corrected chi connectivity index (χ4v) is 5.64. The second-order valence-electron chi connectivity index (χ2n) is 8.02. The molecular weight excluding hydrogens is 544 g/mol. The Balaban J connectivity index is 1.70. The normalized spacial score (nSPS) is 17.1. The third-order valence-electron chi connectivity index (χ3n) is 5.82. The third-order valence-corrected chi connectivity index (χ3v) is 7.33. The van der Waals surface area contributed by atoms with Crippen LogP contribution in [0.3, 0.4) is 0 Å². The van der Waals surface area contributed by atoms with Crippen LogP contribution >= 0.6 is 27.3 Å². The molecule has 1 N–H and O–H groups in total. The van der Waals surface area contributed by atoms with Crippen molar-refractivity contribution >= 4 is 60.1 Å². The summed E-state index contributed by atoms with van der Waals surface area (Å²) >= 11 is 4.75. The van der Waals surface area contributed by atoms with Gasteiger partial charge in [-0.1, -0.05) is 51.5 Å². The lowest BCUT2D eigenvalue weighted by Crippen LogP contribution is -2.29. The number of thiazole rings is 1. The van der Waals surface area contributed by atoms with E-state index in [9.17, 15) is 14.7 Å². The Labute approximate surface area is 219 Å². The minimum atomic E-state index is -0.874. The van der Waals surface area contributed by atoms with E-state index in [0.29, 0.717) is 39.9 Å². The molecule has 0 saturated carbocycles. The first-order valence-corrected chi connectivity index (χ1v) is 12.8. The van der Waals surface area contributed by atoms with Gasteiger partial charge in [-0.3, -0.25) is 14.5 Å². The van der Waals surface area contributed by atoms with Crippen molar-refractivity contribution in [2.45, 2.75) is 13.0 Å². The minimum Gasteiger partial charge on any atom is -0.507 e. The molecule has 1 amide bonds. The van der Waals surface area contributed by atoms with Gasteiger partial charge in [0, 0.05) is 10.0 Å². The SMILES string of the molecule is CCOc1cccc(/C(O)=C2\C(=O)C(=O)N(c3nc4ccc(OC)cc4s3)C2c2cccc(Br)c2)c1. The highest BCUT2D eigenvalue weighted by Gasteiger charge is 2.48. The monoisotopic (exact) mass is 564 g/mol. The number of benzene rings is 3. The maximum absolute atomic E-state index is 13.4. The number of rotatable bonds is 6. The number of fused-ring (bicyclic) bond motifs is 1. The van der Waals surface area contributed by atoms with Crippen molar-refractivity contribution in [3.63, 3.8) is 0 Å². The molecule has 1 aliphatic heterocycles. The van der Waals surface area contributed by atoms with Gasteiger partial charge in [0.05, 0.1) is 35.5 Å². The number of ketones is 1. The number of hydrogen-bond acceptors (Lipinski definition) is 7. The first-order chi connectivity index (χ1) is 17.4. The van der Waals surface area contributed by atoms with Crippen LogP contribution in [0.1, 0.15) is 24.1 Å². The molecular formula is C27H21BrN2O5S. The lowest BCUT2D eigenvalue weighted by Gasteiger charge is -2.23. The summed E-state index contributed by atoms with van der Waals surface area (Å²) in [5, 5.41) is 11.7. The number of amides is 1. The molecule has 0 aliphatic carbocycles. The van der Waals surface area contributed by atoms with Gasteiger partial charge in [0.25, 0.3) is 5.78 Å². The van der Waals surface area contributed by atoms with E-state index in [0.717, 1.165) is 9.17 Å². The summed E-state index contributed by atoms with van der Waals surface area (Å²) in [4.78, 5) is 32.8. The predicted molar refractivity (Wildman–Crippen MR) is 143 cm³/mol. The number of nitrogens with zero attached hydrogens (tertiary/aromatic N) is 2. The summed E-state index contributed by atoms with van der Waals surface area (Å²) in [6.45, 7) is 2.31. The Bertz CT molecular complexity index is 1530. The maximum atomic E-state index is 13.4. The zero-order valence-electron chi connectivity index (χ0n) is 19.4. The lowest BCUT2D eigenvalue weighted by molar-refractivity contribution is -0.132. The number of Topliss-reactive ketones (excluding diaryl/α,β-unsaturated/α-hetero) is 1. The van der Waals surface area contributed by atoms with Gasteiger partial charge < -0.3 is 14.6 Å². The topological polar surface area (TPSA) is 89.0 Å². The van der Waals surface area contributed by atoms with Crippen LogP contribution in [0, 0.1) is 0 Å². The Morgan fingerprint density at radius 1 is 1.08 bits per heavy atom. The van der Waals surface area contributed by atoms with E-state index in [1.807, 2.05) is 37.3 Å². The van der Waals surface area contributed by atoms with Gasteiger partial charge in [-0.2, -0.15) is 0 Å². The van der Waals surface area contributed by atoms with Crippen LogP contribution in [0.15, 0.2) is 76.8 Å². The van der Waals surface area contributed by atoms with E-state index in [1.54, 1.807) is 43.5 Å². The van der Waals surface area contributed by atoms with Crippen LogP contribution < -0.4 is 14.4 Å². The molecule has 1 saturated heterocycles. The summed E-state index contributed by atoms with van der Waals surface area (Å²) in [6, 6.07) is 18.7. The molecule has 1 atom stereocenters. The number of methoxy groups -OCH3 is 1. The van der Waals surface area contributed by atoms with Crippen LogP contribution in [-0.4, -0.2) is 35.5 Å². The Hall–Kier alpha value is -3.69. The zero-order valence-corrected chi connectivity index (χ0v) is 21.8. The van der Waals surface area contributed by atoms with Crippen molar-refractivity contribution in [2.24, 2.45) is 0 Å². The number of carbonyl (C=O) groups excluding carboxylic acids is 2. The number of ether oxygens (including phenoxy) is 2. The lowest BCUT2D eigenvalue weighted by atomic mass is 9.95. The smallest absolute Gasteiger partial charge is 0.301 e. The summed E-state index contributed by atoms with van der Waals surface area (Å²) in [5.74, 6) is -0.595. The predicted octanol–water partition coefficient (Wildman–Crippen LogP) is 6.09. The van der Waals surface area contributed by atoms with E-state index >= 15 is 0 Å². The van der Waals surface area contributed by atoms with E-state index in [-0.39, 0.29) is 11.3 Å². The molecule has 5 rings (SSSR count). The van der Waals surface area contributed by atoms with E-state index in [1.165, 1.54) is 16.2 Å². The van der Waals surface area contributed by atoms with Gasteiger partial charge in [-0.05, 0) is 55.0 Å². The third kappa shape index (κ3) is 4.25. The number of carbonyl (C=O) groups is 2. The van der Waals surface area contributed by atoms with Gasteiger partial charge in [0.1, 0.15) is 17.3 Å². The molecule has 4 aromatic rings. The number of aliphatic hydroxyl groups is 1. The van der Waals surface area contributed by atoms with Crippen LogP contribution in [0.5, 0.6) is 11.5 Å². The highest BCUT2D eigenvalue weighted by atomic mass is 79.9. The van der Waals surface area contributed by atoms with Gasteiger partial charge in [0.2, 0.25) is 0 Å². The number of aromatic nitrogens is 1. The number of aliphatic hydroxyl groups excluding tert-OH is 1. The first kappa shape index (κ1) is 24.0. The van der Waals surface area contributed by atoms with Crippen LogP contribution in [0.4, 0.5) is 5.13 Å². The molecule has 3 aromatic carbocycles. The molecule has 0 bridgehead atoms. The summed E-state index contributed by atoms with van der Waals surface area (Å²) in [5.41, 5.74) is 1.70. The molecule has 1 unspecified atom stereocenters. The Morgan fingerprint density at radius 2 is 1.89 bits per heavy atom. The highest BCUT2D eigenvalue weighted by Crippen LogP contribution is 2.45. The standard InChI is InChI=1S/C27H21BrN2O5S/c1-3-35-19-9-5-7-16(13-19)24(31)22-23(15-6-4-8-17(28)12-15)30(26(33)25(22)32)27-29-20-11-10-18(34-2)14-21(20)36-27/h4-14,23,31H,3H2,1-2H3/b24-22+. The average Bonchev–Trinajstić information content (AvgIpc) is 3.41. The molecule has 9 heteroatoms. The van der Waals surface area contributed by atoms with Gasteiger partial charge in [-0.15, -0.1) is 0 Å². The highest BCUT2D eigenvalue weighted by molar-refractivity contribution is 9.10. The number of anilines is 1. The van der Waals surface area contributed by atoms with Crippen molar-refractivity contribution in [1.82, 2.24) is 4.98 Å². The fourth-order valence-electron chi connectivity index (χ4n) is 4.20. The number of halogens is 1. The summed E-state index contributed by atoms with van der Waals surface area (Å²) < 4.78 is 12.5. The molecule has 0 radical (unpaired) electrons. The molecule has 36 heavy (non-hydrogen) atoms. The van der Waals surface area contributed by atoms with Crippen molar-refractivity contribution in [3.8, 4) is 11.5 Å². The largest absolute Gasteiger partial charge is 0.507 e. The molecule has 182 valence electrons. The zero-order chi connectivity index (χ0) is 25.4. The van der Waals surface area contributed by atoms with Gasteiger partial charge >= 0.3 is 5.91 Å². The Morgan fingerprint density at radius 3 is 2.64 bits per heavy atom. The van der Waals surface area contributed by atoms with Crippen molar-refractivity contribution < 1.29 is 24.2 Å². The average molecular weight is 565 g/mol. The maximum Gasteiger partial charge on any atom is 0.301 e. The van der Waals surface area contributed by atoms with Gasteiger partial charge in [-0.25, -0.2) is 4.98 Å².